The Hall–Kier alpha value is -1.07. The lowest BCUT2D eigenvalue weighted by Crippen LogP contribution is -2.14. The number of carbonyl (C=O) groups excluding carboxylic acids is 1. The number of primary amides is 1. The van der Waals surface area contributed by atoms with Gasteiger partial charge in [0.05, 0.1) is 16.9 Å². The summed E-state index contributed by atoms with van der Waals surface area (Å²) in [5.41, 5.74) is 6.98. The van der Waals surface area contributed by atoms with Gasteiger partial charge in [-0.1, -0.05) is 15.9 Å². The molecule has 0 fully saturated rings. The molecule has 0 atom stereocenters. The number of amides is 1. The number of halogens is 2. The first-order valence-electron chi connectivity index (χ1n) is 5.10. The quantitative estimate of drug-likeness (QED) is 0.881. The second-order valence-electron chi connectivity index (χ2n) is 3.66. The first kappa shape index (κ1) is 12.4. The number of hydrogen-bond acceptors (Lipinski definition) is 2. The molecule has 2 rings (SSSR count). The van der Waals surface area contributed by atoms with E-state index in [0.29, 0.717) is 12.4 Å². The van der Waals surface area contributed by atoms with Gasteiger partial charge in [-0.15, -0.1) is 11.6 Å². The van der Waals surface area contributed by atoms with Gasteiger partial charge >= 0.3 is 0 Å². The van der Waals surface area contributed by atoms with Gasteiger partial charge in [-0.3, -0.25) is 4.79 Å². The summed E-state index contributed by atoms with van der Waals surface area (Å²) in [4.78, 5) is 15.3. The van der Waals surface area contributed by atoms with Crippen molar-refractivity contribution in [2.75, 3.05) is 0 Å². The number of imidazole rings is 1. The number of alkyl halides is 1. The van der Waals surface area contributed by atoms with Gasteiger partial charge in [-0.25, -0.2) is 4.98 Å². The molecule has 1 heterocycles. The summed E-state index contributed by atoms with van der Waals surface area (Å²) in [7, 11) is 0. The molecular formula is C11H11BrClN3O. The molecule has 2 aromatic rings. The minimum atomic E-state index is -0.329. The summed E-state index contributed by atoms with van der Waals surface area (Å²) in [6.07, 6.45) is 0.283. The molecule has 4 nitrogen and oxygen atoms in total. The molecule has 17 heavy (non-hydrogen) atoms. The minimum Gasteiger partial charge on any atom is -0.370 e. The molecule has 0 aliphatic carbocycles. The van der Waals surface area contributed by atoms with Crippen molar-refractivity contribution in [3.05, 3.63) is 28.5 Å². The second kappa shape index (κ2) is 5.06. The SMILES string of the molecule is NC(=O)CCn1c(CCl)nc2cc(Br)ccc21. The summed E-state index contributed by atoms with van der Waals surface area (Å²) in [6, 6.07) is 5.80. The van der Waals surface area contributed by atoms with E-state index in [1.165, 1.54) is 0 Å². The van der Waals surface area contributed by atoms with Crippen molar-refractivity contribution >= 4 is 44.5 Å². The lowest BCUT2D eigenvalue weighted by Gasteiger charge is -2.05. The molecule has 0 bridgehead atoms. The molecule has 1 amide bonds. The Bertz CT molecular complexity index is 567. The Kier molecular flexibility index (Phi) is 3.69. The lowest BCUT2D eigenvalue weighted by atomic mass is 10.3. The van der Waals surface area contributed by atoms with E-state index < -0.39 is 0 Å². The van der Waals surface area contributed by atoms with Crippen molar-refractivity contribution in [2.45, 2.75) is 18.8 Å². The highest BCUT2D eigenvalue weighted by Gasteiger charge is 2.10. The zero-order valence-corrected chi connectivity index (χ0v) is 11.3. The van der Waals surface area contributed by atoms with Crippen molar-refractivity contribution in [3.8, 4) is 0 Å². The maximum Gasteiger partial charge on any atom is 0.219 e. The van der Waals surface area contributed by atoms with Gasteiger partial charge in [0.25, 0.3) is 0 Å². The van der Waals surface area contributed by atoms with E-state index in [4.69, 9.17) is 17.3 Å². The monoisotopic (exact) mass is 315 g/mol. The van der Waals surface area contributed by atoms with Crippen LogP contribution in [0.25, 0.3) is 11.0 Å². The van der Waals surface area contributed by atoms with Crippen LogP contribution >= 0.6 is 27.5 Å². The van der Waals surface area contributed by atoms with E-state index in [0.717, 1.165) is 21.3 Å². The number of rotatable bonds is 4. The number of nitrogens with zero attached hydrogens (tertiary/aromatic N) is 2. The first-order valence-corrected chi connectivity index (χ1v) is 6.43. The van der Waals surface area contributed by atoms with Gasteiger partial charge in [0.15, 0.2) is 0 Å². The Labute approximate surface area is 112 Å². The van der Waals surface area contributed by atoms with Crippen molar-refractivity contribution in [2.24, 2.45) is 5.73 Å². The summed E-state index contributed by atoms with van der Waals surface area (Å²) in [5, 5.41) is 0. The van der Waals surface area contributed by atoms with Crippen molar-refractivity contribution in [1.82, 2.24) is 9.55 Å². The van der Waals surface area contributed by atoms with Crippen LogP contribution in [0.4, 0.5) is 0 Å². The van der Waals surface area contributed by atoms with Crippen LogP contribution < -0.4 is 5.73 Å². The van der Waals surface area contributed by atoms with Crippen molar-refractivity contribution in [3.63, 3.8) is 0 Å². The summed E-state index contributed by atoms with van der Waals surface area (Å²) >= 11 is 9.24. The van der Waals surface area contributed by atoms with E-state index >= 15 is 0 Å². The zero-order valence-electron chi connectivity index (χ0n) is 8.99. The van der Waals surface area contributed by atoms with Gasteiger partial charge in [-0.2, -0.15) is 0 Å². The van der Waals surface area contributed by atoms with Crippen LogP contribution in [0.15, 0.2) is 22.7 Å². The Balaban J connectivity index is 2.47. The molecule has 1 aromatic carbocycles. The van der Waals surface area contributed by atoms with E-state index in [-0.39, 0.29) is 12.3 Å². The zero-order chi connectivity index (χ0) is 12.4. The molecular weight excluding hydrogens is 305 g/mol. The summed E-state index contributed by atoms with van der Waals surface area (Å²) in [5.74, 6) is 0.732. The lowest BCUT2D eigenvalue weighted by molar-refractivity contribution is -0.118. The number of nitrogens with two attached hydrogens (primary N) is 1. The number of aryl methyl sites for hydroxylation is 1. The summed E-state index contributed by atoms with van der Waals surface area (Å²) in [6.45, 7) is 0.509. The van der Waals surface area contributed by atoms with Crippen molar-refractivity contribution in [1.29, 1.82) is 0 Å². The molecule has 0 saturated carbocycles. The van der Waals surface area contributed by atoms with Crippen LogP contribution in [0.3, 0.4) is 0 Å². The van der Waals surface area contributed by atoms with E-state index in [2.05, 4.69) is 20.9 Å². The molecule has 0 aliphatic rings. The van der Waals surface area contributed by atoms with Gasteiger partial charge < -0.3 is 10.3 Å². The molecule has 0 unspecified atom stereocenters. The van der Waals surface area contributed by atoms with Gasteiger partial charge in [0.1, 0.15) is 5.82 Å². The fraction of sp³-hybridized carbons (Fsp3) is 0.273. The molecule has 2 N–H and O–H groups in total. The molecule has 0 saturated heterocycles. The third-order valence-corrected chi connectivity index (χ3v) is 3.22. The standard InChI is InChI=1S/C11H11BrClN3O/c12-7-1-2-9-8(5-7)15-11(6-13)16(9)4-3-10(14)17/h1-2,5H,3-4,6H2,(H2,14,17). The predicted octanol–water partition coefficient (Wildman–Crippen LogP) is 2.41. The Morgan fingerprint density at radius 2 is 2.29 bits per heavy atom. The number of aromatic nitrogens is 2. The van der Waals surface area contributed by atoms with Crippen LogP contribution in [-0.4, -0.2) is 15.5 Å². The Morgan fingerprint density at radius 1 is 1.53 bits per heavy atom. The number of carbonyl (C=O) groups is 1. The normalized spacial score (nSPS) is 10.9. The number of fused-ring (bicyclic) bond motifs is 1. The van der Waals surface area contributed by atoms with Crippen LogP contribution in [0.1, 0.15) is 12.2 Å². The van der Waals surface area contributed by atoms with Crippen LogP contribution in [0, 0.1) is 0 Å². The summed E-state index contributed by atoms with van der Waals surface area (Å²) < 4.78 is 2.89. The molecule has 1 aromatic heterocycles. The average Bonchev–Trinajstić information content (AvgIpc) is 2.63. The third kappa shape index (κ3) is 2.61. The average molecular weight is 317 g/mol. The van der Waals surface area contributed by atoms with Gasteiger partial charge in [0.2, 0.25) is 5.91 Å². The highest BCUT2D eigenvalue weighted by molar-refractivity contribution is 9.10. The highest BCUT2D eigenvalue weighted by Crippen LogP contribution is 2.22. The van der Waals surface area contributed by atoms with Crippen LogP contribution in [-0.2, 0) is 17.2 Å². The molecule has 90 valence electrons. The van der Waals surface area contributed by atoms with Gasteiger partial charge in [-0.05, 0) is 18.2 Å². The second-order valence-corrected chi connectivity index (χ2v) is 4.85. The predicted molar refractivity (Wildman–Crippen MR) is 70.8 cm³/mol. The van der Waals surface area contributed by atoms with Crippen molar-refractivity contribution < 1.29 is 4.79 Å². The highest BCUT2D eigenvalue weighted by atomic mass is 79.9. The minimum absolute atomic E-state index is 0.283. The van der Waals surface area contributed by atoms with Gasteiger partial charge in [0, 0.05) is 17.4 Å². The van der Waals surface area contributed by atoms with Crippen LogP contribution in [0.2, 0.25) is 0 Å². The fourth-order valence-electron chi connectivity index (χ4n) is 1.73. The fourth-order valence-corrected chi connectivity index (χ4v) is 2.28. The number of benzene rings is 1. The molecule has 0 radical (unpaired) electrons. The van der Waals surface area contributed by atoms with E-state index in [1.807, 2.05) is 22.8 Å². The Morgan fingerprint density at radius 3 is 2.94 bits per heavy atom. The smallest absolute Gasteiger partial charge is 0.219 e. The topological polar surface area (TPSA) is 60.9 Å². The number of hydrogen-bond donors (Lipinski definition) is 1. The molecule has 6 heteroatoms. The maximum atomic E-state index is 10.8. The van der Waals surface area contributed by atoms with E-state index in [9.17, 15) is 4.79 Å². The largest absolute Gasteiger partial charge is 0.370 e. The molecule has 0 aliphatic heterocycles. The van der Waals surface area contributed by atoms with E-state index in [1.54, 1.807) is 0 Å². The third-order valence-electron chi connectivity index (χ3n) is 2.49. The van der Waals surface area contributed by atoms with Crippen LogP contribution in [0.5, 0.6) is 0 Å². The maximum absolute atomic E-state index is 10.8. The molecule has 0 spiro atoms. The first-order chi connectivity index (χ1) is 8.11.